The number of aromatic hydroxyl groups is 1. The molecule has 0 saturated carbocycles. The Morgan fingerprint density at radius 2 is 1.69 bits per heavy atom. The number of hydrogen-bond acceptors (Lipinski definition) is 9. The number of phenolic OH excluding ortho intramolecular Hbond substituents is 1. The van der Waals surface area contributed by atoms with Gasteiger partial charge in [-0.1, -0.05) is 24.3 Å². The van der Waals surface area contributed by atoms with Gasteiger partial charge >= 0.3 is 5.97 Å². The van der Waals surface area contributed by atoms with Gasteiger partial charge in [-0.2, -0.15) is 0 Å². The van der Waals surface area contributed by atoms with Crippen LogP contribution in [0.4, 0.5) is 0 Å². The monoisotopic (exact) mass is 494 g/mol. The van der Waals surface area contributed by atoms with E-state index in [1.165, 1.54) is 19.2 Å². The number of rotatable bonds is 5. The van der Waals surface area contributed by atoms with Crippen LogP contribution in [-0.4, -0.2) is 65.2 Å². The van der Waals surface area contributed by atoms with Crippen LogP contribution in [0.15, 0.2) is 30.3 Å². The van der Waals surface area contributed by atoms with Crippen molar-refractivity contribution in [2.75, 3.05) is 20.3 Å². The zero-order valence-corrected chi connectivity index (χ0v) is 20.0. The molecule has 2 aromatic carbocycles. The Hall–Kier alpha value is -3.40. The number of ether oxygens (including phenoxy) is 3. The minimum atomic E-state index is -1.89. The smallest absolute Gasteiger partial charge is 0.308 e. The summed E-state index contributed by atoms with van der Waals surface area (Å²) in [7, 11) is 1.18. The van der Waals surface area contributed by atoms with E-state index in [2.05, 4.69) is 0 Å². The molecule has 0 spiro atoms. The normalized spacial score (nSPS) is 24.0. The van der Waals surface area contributed by atoms with Crippen molar-refractivity contribution in [3.8, 4) is 5.75 Å². The number of ketones is 3. The standard InChI is InChI=1S/C27H26O9/c1-26(35-7-8-36-26)12-20(28)19-10-14-9-17-22(24(31)16-6-4-3-5-15(16)23(17)30)25(32)18(14)11-27(19,33)13-21(29)34-2/h3-6,9,19,32-33H,7-8,10-13H2,1-2H3. The number of aliphatic hydroxyl groups is 1. The van der Waals surface area contributed by atoms with Crippen LogP contribution in [0.25, 0.3) is 0 Å². The number of methoxy groups -OCH3 is 1. The second kappa shape index (κ2) is 8.62. The van der Waals surface area contributed by atoms with E-state index in [0.717, 1.165) is 0 Å². The fourth-order valence-electron chi connectivity index (χ4n) is 5.57. The molecule has 36 heavy (non-hydrogen) atoms. The molecule has 9 nitrogen and oxygen atoms in total. The predicted octanol–water partition coefficient (Wildman–Crippen LogP) is 1.90. The number of Topliss-reactive ketones (excluding diaryl/α,β-unsaturated/α-hetero) is 1. The number of fused-ring (bicyclic) bond motifs is 3. The van der Waals surface area contributed by atoms with E-state index in [-0.39, 0.29) is 52.9 Å². The quantitative estimate of drug-likeness (QED) is 0.510. The first-order valence-corrected chi connectivity index (χ1v) is 11.7. The van der Waals surface area contributed by atoms with Gasteiger partial charge in [0.1, 0.15) is 11.5 Å². The van der Waals surface area contributed by atoms with Crippen LogP contribution in [0.2, 0.25) is 0 Å². The average Bonchev–Trinajstić information content (AvgIpc) is 3.28. The van der Waals surface area contributed by atoms with Crippen LogP contribution >= 0.6 is 0 Å². The third-order valence-corrected chi connectivity index (χ3v) is 7.40. The molecule has 1 fully saturated rings. The van der Waals surface area contributed by atoms with Crippen molar-refractivity contribution in [2.24, 2.45) is 5.92 Å². The fourth-order valence-corrected chi connectivity index (χ4v) is 5.57. The van der Waals surface area contributed by atoms with E-state index in [0.29, 0.717) is 18.8 Å². The van der Waals surface area contributed by atoms with Crippen LogP contribution in [0, 0.1) is 5.92 Å². The van der Waals surface area contributed by atoms with Crippen molar-refractivity contribution in [3.05, 3.63) is 63.7 Å². The van der Waals surface area contributed by atoms with E-state index in [1.807, 2.05) is 0 Å². The van der Waals surface area contributed by atoms with Gasteiger partial charge in [-0.25, -0.2) is 0 Å². The molecule has 188 valence electrons. The van der Waals surface area contributed by atoms with Crippen LogP contribution in [0.1, 0.15) is 62.7 Å². The summed E-state index contributed by atoms with van der Waals surface area (Å²) in [5.41, 5.74) is -0.872. The Morgan fingerprint density at radius 3 is 2.33 bits per heavy atom. The van der Waals surface area contributed by atoms with Gasteiger partial charge in [-0.3, -0.25) is 19.2 Å². The topological polar surface area (TPSA) is 136 Å². The molecule has 2 aromatic rings. The summed E-state index contributed by atoms with van der Waals surface area (Å²) in [5, 5.41) is 22.8. The second-order valence-corrected chi connectivity index (χ2v) is 9.75. The predicted molar refractivity (Wildman–Crippen MR) is 124 cm³/mol. The summed E-state index contributed by atoms with van der Waals surface area (Å²) in [6.07, 6.45) is -0.988. The number of carbonyl (C=O) groups excluding carboxylic acids is 4. The van der Waals surface area contributed by atoms with Gasteiger partial charge in [-0.05, 0) is 25.0 Å². The van der Waals surface area contributed by atoms with Gasteiger partial charge in [0, 0.05) is 28.7 Å². The first-order chi connectivity index (χ1) is 17.1. The molecule has 0 radical (unpaired) electrons. The first-order valence-electron chi connectivity index (χ1n) is 11.7. The minimum Gasteiger partial charge on any atom is -0.507 e. The Balaban J connectivity index is 1.59. The molecular formula is C27H26O9. The minimum absolute atomic E-state index is 0.0500. The molecule has 0 aromatic heterocycles. The third kappa shape index (κ3) is 3.84. The number of phenols is 1. The van der Waals surface area contributed by atoms with Gasteiger partial charge in [-0.15, -0.1) is 0 Å². The molecule has 1 heterocycles. The Bertz CT molecular complexity index is 1300. The van der Waals surface area contributed by atoms with Crippen molar-refractivity contribution >= 4 is 23.3 Å². The molecule has 3 aliphatic rings. The van der Waals surface area contributed by atoms with Gasteiger partial charge in [0.05, 0.1) is 50.2 Å². The largest absolute Gasteiger partial charge is 0.507 e. The van der Waals surface area contributed by atoms with E-state index < -0.39 is 47.0 Å². The molecule has 5 rings (SSSR count). The summed E-state index contributed by atoms with van der Waals surface area (Å²) in [6.45, 7) is 2.31. The molecule has 1 aliphatic heterocycles. The lowest BCUT2D eigenvalue weighted by atomic mass is 9.66. The summed E-state index contributed by atoms with van der Waals surface area (Å²) in [5.74, 6) is -4.65. The maximum absolute atomic E-state index is 13.5. The van der Waals surface area contributed by atoms with Crippen LogP contribution in [0.3, 0.4) is 0 Å². The highest BCUT2D eigenvalue weighted by Gasteiger charge is 2.50. The lowest BCUT2D eigenvalue weighted by Gasteiger charge is -2.41. The van der Waals surface area contributed by atoms with Gasteiger partial charge in [0.2, 0.25) is 0 Å². The fraction of sp³-hybridized carbons (Fsp3) is 0.407. The molecule has 2 unspecified atom stereocenters. The third-order valence-electron chi connectivity index (χ3n) is 7.40. The van der Waals surface area contributed by atoms with Crippen LogP contribution in [-0.2, 0) is 36.6 Å². The van der Waals surface area contributed by atoms with E-state index in [4.69, 9.17) is 14.2 Å². The molecule has 9 heteroatoms. The number of esters is 1. The average molecular weight is 494 g/mol. The highest BCUT2D eigenvalue weighted by molar-refractivity contribution is 6.29. The second-order valence-electron chi connectivity index (χ2n) is 9.75. The SMILES string of the molecule is COC(=O)CC1(O)Cc2c(cc3c(c2O)C(=O)c2ccccc2C3=O)CC1C(=O)CC1(C)OCCO1. The van der Waals surface area contributed by atoms with Crippen molar-refractivity contribution in [1.29, 1.82) is 0 Å². The Morgan fingerprint density at radius 1 is 1.06 bits per heavy atom. The summed E-state index contributed by atoms with van der Waals surface area (Å²) >= 11 is 0. The number of benzene rings is 2. The number of carbonyl (C=O) groups is 4. The van der Waals surface area contributed by atoms with Crippen LogP contribution in [0.5, 0.6) is 5.75 Å². The van der Waals surface area contributed by atoms with Crippen molar-refractivity contribution in [1.82, 2.24) is 0 Å². The lowest BCUT2D eigenvalue weighted by Crippen LogP contribution is -2.51. The van der Waals surface area contributed by atoms with E-state index in [9.17, 15) is 29.4 Å². The molecular weight excluding hydrogens is 468 g/mol. The molecule has 0 amide bonds. The first kappa shape index (κ1) is 24.3. The maximum atomic E-state index is 13.5. The summed E-state index contributed by atoms with van der Waals surface area (Å²) in [4.78, 5) is 52.1. The highest BCUT2D eigenvalue weighted by Crippen LogP contribution is 2.45. The van der Waals surface area contributed by atoms with Gasteiger partial charge < -0.3 is 24.4 Å². The van der Waals surface area contributed by atoms with Crippen molar-refractivity contribution in [2.45, 2.75) is 44.0 Å². The lowest BCUT2D eigenvalue weighted by molar-refractivity contribution is -0.168. The Kier molecular flexibility index (Phi) is 5.82. The maximum Gasteiger partial charge on any atom is 0.308 e. The zero-order valence-electron chi connectivity index (χ0n) is 20.0. The van der Waals surface area contributed by atoms with Crippen molar-refractivity contribution < 1.29 is 43.6 Å². The molecule has 2 atom stereocenters. The van der Waals surface area contributed by atoms with Crippen molar-refractivity contribution in [3.63, 3.8) is 0 Å². The van der Waals surface area contributed by atoms with Gasteiger partial charge in [0.15, 0.2) is 17.4 Å². The van der Waals surface area contributed by atoms with E-state index >= 15 is 0 Å². The molecule has 0 bridgehead atoms. The molecule has 2 aliphatic carbocycles. The van der Waals surface area contributed by atoms with Gasteiger partial charge in [0.25, 0.3) is 0 Å². The van der Waals surface area contributed by atoms with E-state index in [1.54, 1.807) is 25.1 Å². The molecule has 2 N–H and O–H groups in total. The highest BCUT2D eigenvalue weighted by atomic mass is 16.7. The zero-order chi connectivity index (χ0) is 25.8. The number of hydrogen-bond donors (Lipinski definition) is 2. The molecule has 1 saturated heterocycles. The Labute approximate surface area is 207 Å². The summed E-state index contributed by atoms with van der Waals surface area (Å²) < 4.78 is 15.9. The summed E-state index contributed by atoms with van der Waals surface area (Å²) in [6, 6.07) is 7.88. The van der Waals surface area contributed by atoms with Crippen LogP contribution < -0.4 is 0 Å².